The van der Waals surface area contributed by atoms with Crippen molar-refractivity contribution in [3.63, 3.8) is 0 Å². The largest absolute Gasteiger partial charge is 0.385 e. The lowest BCUT2D eigenvalue weighted by Crippen LogP contribution is -2.19. The Bertz CT molecular complexity index is 959. The predicted octanol–water partition coefficient (Wildman–Crippen LogP) is 6.15. The topological polar surface area (TPSA) is 15.3 Å². The van der Waals surface area contributed by atoms with E-state index in [9.17, 15) is 0 Å². The molecule has 1 atom stereocenters. The summed E-state index contributed by atoms with van der Waals surface area (Å²) in [6.45, 7) is 18.0. The fourth-order valence-corrected chi connectivity index (χ4v) is 4.31. The Morgan fingerprint density at radius 1 is 1.17 bits per heavy atom. The first-order valence-electron chi connectivity index (χ1n) is 11.0. The van der Waals surface area contributed by atoms with Crippen LogP contribution < -0.4 is 5.32 Å². The molecule has 0 aromatic heterocycles. The van der Waals surface area contributed by atoms with Crippen LogP contribution in [0, 0.1) is 26.2 Å². The standard InChI is InChI=1S/C28H34N2/c1-7-9-22(5)29-18-27-17-28(21(4)16-20(27)3)23(6)30-15-14-26(19-30)25-12-10-24(8-2)11-13-25/h2,10-13,16-17,26,29H,5-7,9,14-15,18-19H2,1,3-4H3. The maximum atomic E-state index is 5.49. The van der Waals surface area contributed by atoms with Crippen molar-refractivity contribution >= 4 is 5.70 Å². The molecule has 0 bridgehead atoms. The third kappa shape index (κ3) is 4.97. The van der Waals surface area contributed by atoms with E-state index in [1.54, 1.807) is 0 Å². The maximum absolute atomic E-state index is 5.49. The van der Waals surface area contributed by atoms with Crippen LogP contribution in [0.5, 0.6) is 0 Å². The molecule has 3 rings (SSSR count). The van der Waals surface area contributed by atoms with Crippen LogP contribution in [0.25, 0.3) is 5.70 Å². The minimum Gasteiger partial charge on any atom is -0.385 e. The second-order valence-electron chi connectivity index (χ2n) is 8.45. The highest BCUT2D eigenvalue weighted by Crippen LogP contribution is 2.33. The van der Waals surface area contributed by atoms with Crippen LogP contribution in [0.2, 0.25) is 0 Å². The van der Waals surface area contributed by atoms with Gasteiger partial charge in [-0.3, -0.25) is 0 Å². The Labute approximate surface area is 182 Å². The minimum absolute atomic E-state index is 0.526. The fraction of sp³-hybridized carbons (Fsp3) is 0.357. The lowest BCUT2D eigenvalue weighted by molar-refractivity contribution is 0.485. The SMILES string of the molecule is C#Cc1ccc(C2CCN(C(=C)c3cc(CNC(=C)CCC)c(C)cc3C)C2)cc1. The molecule has 1 aliphatic heterocycles. The van der Waals surface area contributed by atoms with Gasteiger partial charge in [0.05, 0.1) is 0 Å². The summed E-state index contributed by atoms with van der Waals surface area (Å²) < 4.78 is 0. The van der Waals surface area contributed by atoms with Gasteiger partial charge in [0, 0.05) is 48.1 Å². The van der Waals surface area contributed by atoms with E-state index in [1.165, 1.54) is 27.8 Å². The number of terminal acetylenes is 1. The summed E-state index contributed by atoms with van der Waals surface area (Å²) in [7, 11) is 0. The fourth-order valence-electron chi connectivity index (χ4n) is 4.31. The average molecular weight is 399 g/mol. The van der Waals surface area contributed by atoms with Crippen molar-refractivity contribution in [3.05, 3.63) is 88.6 Å². The molecular formula is C28H34N2. The smallest absolute Gasteiger partial charge is 0.0400 e. The summed E-state index contributed by atoms with van der Waals surface area (Å²) in [6.07, 6.45) is 8.76. The summed E-state index contributed by atoms with van der Waals surface area (Å²) in [4.78, 5) is 2.44. The van der Waals surface area contributed by atoms with Gasteiger partial charge in [-0.25, -0.2) is 0 Å². The molecule has 1 N–H and O–H groups in total. The average Bonchev–Trinajstić information content (AvgIpc) is 3.23. The molecule has 1 saturated heterocycles. The van der Waals surface area contributed by atoms with E-state index in [1.807, 2.05) is 12.1 Å². The first-order chi connectivity index (χ1) is 14.4. The molecule has 0 spiro atoms. The summed E-state index contributed by atoms with van der Waals surface area (Å²) in [6, 6.07) is 13.0. The van der Waals surface area contributed by atoms with E-state index in [0.717, 1.165) is 55.9 Å². The number of nitrogens with one attached hydrogen (secondary N) is 1. The highest BCUT2D eigenvalue weighted by molar-refractivity contribution is 5.66. The van der Waals surface area contributed by atoms with Gasteiger partial charge < -0.3 is 10.2 Å². The van der Waals surface area contributed by atoms with E-state index in [0.29, 0.717) is 5.92 Å². The Kier molecular flexibility index (Phi) is 7.06. The molecule has 2 aromatic carbocycles. The van der Waals surface area contributed by atoms with Gasteiger partial charge >= 0.3 is 0 Å². The quantitative estimate of drug-likeness (QED) is 0.537. The molecule has 1 unspecified atom stereocenters. The van der Waals surface area contributed by atoms with Crippen molar-refractivity contribution < 1.29 is 0 Å². The number of benzene rings is 2. The molecule has 0 radical (unpaired) electrons. The number of aryl methyl sites for hydroxylation is 2. The van der Waals surface area contributed by atoms with Gasteiger partial charge in [0.25, 0.3) is 0 Å². The first-order valence-corrected chi connectivity index (χ1v) is 11.0. The second kappa shape index (κ2) is 9.72. The van der Waals surface area contributed by atoms with Crippen LogP contribution in [-0.2, 0) is 6.54 Å². The van der Waals surface area contributed by atoms with Gasteiger partial charge in [-0.05, 0) is 67.1 Å². The summed E-state index contributed by atoms with van der Waals surface area (Å²) in [5.74, 6) is 3.22. The number of allylic oxidation sites excluding steroid dienone is 1. The molecule has 1 aliphatic rings. The van der Waals surface area contributed by atoms with Crippen molar-refractivity contribution in [2.24, 2.45) is 0 Å². The van der Waals surface area contributed by atoms with Gasteiger partial charge in [-0.15, -0.1) is 6.42 Å². The van der Waals surface area contributed by atoms with Crippen molar-refractivity contribution in [2.45, 2.75) is 52.5 Å². The van der Waals surface area contributed by atoms with Crippen LogP contribution in [0.15, 0.2) is 55.3 Å². The van der Waals surface area contributed by atoms with Gasteiger partial charge in [-0.1, -0.05) is 50.6 Å². The monoisotopic (exact) mass is 398 g/mol. The zero-order valence-corrected chi connectivity index (χ0v) is 18.7. The zero-order valence-electron chi connectivity index (χ0n) is 18.7. The highest BCUT2D eigenvalue weighted by atomic mass is 15.2. The molecule has 0 amide bonds. The van der Waals surface area contributed by atoms with E-state index < -0.39 is 0 Å². The van der Waals surface area contributed by atoms with Gasteiger partial charge in [0.15, 0.2) is 0 Å². The molecule has 30 heavy (non-hydrogen) atoms. The summed E-state index contributed by atoms with van der Waals surface area (Å²) >= 11 is 0. The minimum atomic E-state index is 0.526. The van der Waals surface area contributed by atoms with Crippen molar-refractivity contribution in [1.82, 2.24) is 10.2 Å². The summed E-state index contributed by atoms with van der Waals surface area (Å²) in [5, 5.41) is 3.48. The third-order valence-corrected chi connectivity index (χ3v) is 6.19. The van der Waals surface area contributed by atoms with Gasteiger partial charge in [0.2, 0.25) is 0 Å². The van der Waals surface area contributed by atoms with Crippen LogP contribution in [0.1, 0.15) is 65.5 Å². The molecule has 156 valence electrons. The molecular weight excluding hydrogens is 364 g/mol. The van der Waals surface area contributed by atoms with E-state index >= 15 is 0 Å². The van der Waals surface area contributed by atoms with E-state index in [4.69, 9.17) is 6.42 Å². The molecule has 0 aliphatic carbocycles. The van der Waals surface area contributed by atoms with E-state index in [2.05, 4.69) is 74.3 Å². The Morgan fingerprint density at radius 2 is 1.90 bits per heavy atom. The first kappa shape index (κ1) is 21.8. The Balaban J connectivity index is 1.72. The third-order valence-electron chi connectivity index (χ3n) is 6.19. The summed E-state index contributed by atoms with van der Waals surface area (Å²) in [5.41, 5.74) is 9.71. The molecule has 1 heterocycles. The predicted molar refractivity (Wildman–Crippen MR) is 129 cm³/mol. The number of likely N-dealkylation sites (tertiary alicyclic amines) is 1. The lowest BCUT2D eigenvalue weighted by atomic mass is 9.96. The number of rotatable bonds is 8. The lowest BCUT2D eigenvalue weighted by Gasteiger charge is -2.24. The normalized spacial score (nSPS) is 15.7. The van der Waals surface area contributed by atoms with Crippen molar-refractivity contribution in [2.75, 3.05) is 13.1 Å². The van der Waals surface area contributed by atoms with Gasteiger partial charge in [-0.2, -0.15) is 0 Å². The van der Waals surface area contributed by atoms with Crippen molar-refractivity contribution in [3.8, 4) is 12.3 Å². The molecule has 2 aromatic rings. The van der Waals surface area contributed by atoms with Crippen LogP contribution in [0.3, 0.4) is 0 Å². The van der Waals surface area contributed by atoms with E-state index in [-0.39, 0.29) is 0 Å². The Morgan fingerprint density at radius 3 is 2.57 bits per heavy atom. The second-order valence-corrected chi connectivity index (χ2v) is 8.45. The molecule has 1 fully saturated rings. The molecule has 0 saturated carbocycles. The maximum Gasteiger partial charge on any atom is 0.0400 e. The number of nitrogens with zero attached hydrogens (tertiary/aromatic N) is 1. The van der Waals surface area contributed by atoms with Crippen LogP contribution >= 0.6 is 0 Å². The highest BCUT2D eigenvalue weighted by Gasteiger charge is 2.26. The van der Waals surface area contributed by atoms with Crippen molar-refractivity contribution in [1.29, 1.82) is 0 Å². The molecule has 2 nitrogen and oxygen atoms in total. The zero-order chi connectivity index (χ0) is 21.7. The van der Waals surface area contributed by atoms with Gasteiger partial charge in [0.1, 0.15) is 0 Å². The van der Waals surface area contributed by atoms with Crippen LogP contribution in [0.4, 0.5) is 0 Å². The van der Waals surface area contributed by atoms with Crippen LogP contribution in [-0.4, -0.2) is 18.0 Å². The number of hydrogen-bond donors (Lipinski definition) is 1. The Hall–Kier alpha value is -2.92. The number of hydrogen-bond acceptors (Lipinski definition) is 2. The molecule has 2 heteroatoms.